The average Bonchev–Trinajstić information content (AvgIpc) is 2.76. The zero-order chi connectivity index (χ0) is 11.7. The smallest absolute Gasteiger partial charge is 0.131 e. The summed E-state index contributed by atoms with van der Waals surface area (Å²) in [6, 6.07) is 6.67. The standard InChI is InChI=1S/C14H16N2O/c1-11-5-12(9-16-3-2-4-16)7-13(6-11)14-8-15-17-10-14/h5-8,10H,2-4,9H2,1H3. The van der Waals surface area contributed by atoms with Gasteiger partial charge in [-0.15, -0.1) is 0 Å². The number of rotatable bonds is 3. The number of benzene rings is 1. The second kappa shape index (κ2) is 4.34. The van der Waals surface area contributed by atoms with Gasteiger partial charge in [0, 0.05) is 12.1 Å². The van der Waals surface area contributed by atoms with Crippen LogP contribution in [0.3, 0.4) is 0 Å². The minimum Gasteiger partial charge on any atom is -0.364 e. The molecule has 0 saturated carbocycles. The maximum atomic E-state index is 4.90. The normalized spacial score (nSPS) is 15.8. The summed E-state index contributed by atoms with van der Waals surface area (Å²) in [5, 5.41) is 3.76. The zero-order valence-electron chi connectivity index (χ0n) is 10.0. The predicted octanol–water partition coefficient (Wildman–Crippen LogP) is 2.86. The van der Waals surface area contributed by atoms with E-state index in [1.807, 2.05) is 0 Å². The Morgan fingerprint density at radius 1 is 1.24 bits per heavy atom. The van der Waals surface area contributed by atoms with Gasteiger partial charge in [0.15, 0.2) is 0 Å². The van der Waals surface area contributed by atoms with Crippen LogP contribution in [0.1, 0.15) is 17.5 Å². The number of hydrogen-bond donors (Lipinski definition) is 0. The lowest BCUT2D eigenvalue weighted by Crippen LogP contribution is -2.36. The third-order valence-corrected chi connectivity index (χ3v) is 3.26. The molecule has 0 bridgehead atoms. The molecule has 1 aliphatic heterocycles. The molecule has 3 nitrogen and oxygen atoms in total. The summed E-state index contributed by atoms with van der Waals surface area (Å²) in [6.45, 7) is 5.66. The molecule has 1 aliphatic rings. The number of hydrogen-bond acceptors (Lipinski definition) is 3. The van der Waals surface area contributed by atoms with Crippen LogP contribution in [0.25, 0.3) is 11.1 Å². The number of nitrogens with zero attached hydrogens (tertiary/aromatic N) is 2. The van der Waals surface area contributed by atoms with Crippen LogP contribution in [0.5, 0.6) is 0 Å². The Labute approximate surface area is 101 Å². The summed E-state index contributed by atoms with van der Waals surface area (Å²) in [5.74, 6) is 0. The van der Waals surface area contributed by atoms with Crippen molar-refractivity contribution in [3.8, 4) is 11.1 Å². The SMILES string of the molecule is Cc1cc(CN2CCC2)cc(-c2cnoc2)c1. The van der Waals surface area contributed by atoms with Crippen LogP contribution in [0, 0.1) is 6.92 Å². The highest BCUT2D eigenvalue weighted by molar-refractivity contribution is 5.63. The largest absolute Gasteiger partial charge is 0.364 e. The third kappa shape index (κ3) is 2.24. The Morgan fingerprint density at radius 2 is 2.12 bits per heavy atom. The maximum Gasteiger partial charge on any atom is 0.131 e. The molecule has 1 saturated heterocycles. The van der Waals surface area contributed by atoms with E-state index in [0.29, 0.717) is 0 Å². The zero-order valence-corrected chi connectivity index (χ0v) is 10.0. The second-order valence-electron chi connectivity index (χ2n) is 4.75. The molecule has 1 fully saturated rings. The summed E-state index contributed by atoms with van der Waals surface area (Å²) >= 11 is 0. The molecule has 17 heavy (non-hydrogen) atoms. The van der Waals surface area contributed by atoms with E-state index < -0.39 is 0 Å². The van der Waals surface area contributed by atoms with Gasteiger partial charge in [-0.3, -0.25) is 4.90 Å². The van der Waals surface area contributed by atoms with Crippen LogP contribution in [-0.4, -0.2) is 23.1 Å². The van der Waals surface area contributed by atoms with Gasteiger partial charge in [0.05, 0.1) is 6.20 Å². The second-order valence-corrected chi connectivity index (χ2v) is 4.75. The Hall–Kier alpha value is -1.61. The molecule has 1 aromatic carbocycles. The molecule has 0 unspecified atom stereocenters. The fraction of sp³-hybridized carbons (Fsp3) is 0.357. The minimum absolute atomic E-state index is 1.05. The van der Waals surface area contributed by atoms with E-state index in [1.165, 1.54) is 36.2 Å². The molecule has 88 valence electrons. The highest BCUT2D eigenvalue weighted by atomic mass is 16.5. The Balaban J connectivity index is 1.89. The van der Waals surface area contributed by atoms with Gasteiger partial charge in [-0.1, -0.05) is 22.9 Å². The molecule has 0 aliphatic carbocycles. The quantitative estimate of drug-likeness (QED) is 0.809. The first-order valence-corrected chi connectivity index (χ1v) is 6.04. The lowest BCUT2D eigenvalue weighted by Gasteiger charge is -2.30. The summed E-state index contributed by atoms with van der Waals surface area (Å²) in [4.78, 5) is 2.46. The van der Waals surface area contributed by atoms with E-state index in [1.54, 1.807) is 12.5 Å². The van der Waals surface area contributed by atoms with Crippen molar-refractivity contribution in [1.29, 1.82) is 0 Å². The monoisotopic (exact) mass is 228 g/mol. The molecule has 0 atom stereocenters. The number of aryl methyl sites for hydroxylation is 1. The van der Waals surface area contributed by atoms with Gasteiger partial charge in [-0.05, 0) is 43.6 Å². The Morgan fingerprint density at radius 3 is 2.76 bits per heavy atom. The van der Waals surface area contributed by atoms with Crippen LogP contribution >= 0.6 is 0 Å². The topological polar surface area (TPSA) is 29.3 Å². The van der Waals surface area contributed by atoms with Crippen LogP contribution in [0.15, 0.2) is 35.2 Å². The molecule has 2 aromatic rings. The first kappa shape index (κ1) is 10.5. The lowest BCUT2D eigenvalue weighted by molar-refractivity contribution is 0.172. The van der Waals surface area contributed by atoms with E-state index in [2.05, 4.69) is 35.2 Å². The van der Waals surface area contributed by atoms with Crippen LogP contribution in [-0.2, 0) is 6.54 Å². The van der Waals surface area contributed by atoms with Crippen LogP contribution < -0.4 is 0 Å². The number of likely N-dealkylation sites (tertiary alicyclic amines) is 1. The average molecular weight is 228 g/mol. The van der Waals surface area contributed by atoms with Gasteiger partial charge < -0.3 is 4.52 Å². The minimum atomic E-state index is 1.05. The third-order valence-electron chi connectivity index (χ3n) is 3.26. The Bertz CT molecular complexity index is 501. The molecule has 0 radical (unpaired) electrons. The van der Waals surface area contributed by atoms with Crippen molar-refractivity contribution in [2.45, 2.75) is 19.9 Å². The van der Waals surface area contributed by atoms with Gasteiger partial charge in [-0.25, -0.2) is 0 Å². The van der Waals surface area contributed by atoms with Crippen LogP contribution in [0.2, 0.25) is 0 Å². The fourth-order valence-electron chi connectivity index (χ4n) is 2.27. The molecule has 1 aromatic heterocycles. The Kier molecular flexibility index (Phi) is 2.69. The van der Waals surface area contributed by atoms with E-state index in [-0.39, 0.29) is 0 Å². The molecule has 3 rings (SSSR count). The summed E-state index contributed by atoms with van der Waals surface area (Å²) in [5.41, 5.74) is 4.92. The van der Waals surface area contributed by atoms with Gasteiger partial charge in [0.1, 0.15) is 6.26 Å². The summed E-state index contributed by atoms with van der Waals surface area (Å²) in [7, 11) is 0. The highest BCUT2D eigenvalue weighted by Crippen LogP contribution is 2.23. The van der Waals surface area contributed by atoms with Gasteiger partial charge in [-0.2, -0.15) is 0 Å². The van der Waals surface area contributed by atoms with E-state index in [4.69, 9.17) is 4.52 Å². The van der Waals surface area contributed by atoms with E-state index >= 15 is 0 Å². The molecule has 0 amide bonds. The van der Waals surface area contributed by atoms with Gasteiger partial charge in [0.2, 0.25) is 0 Å². The summed E-state index contributed by atoms with van der Waals surface area (Å²) < 4.78 is 4.90. The van der Waals surface area contributed by atoms with Crippen molar-refractivity contribution in [1.82, 2.24) is 10.1 Å². The van der Waals surface area contributed by atoms with E-state index in [9.17, 15) is 0 Å². The van der Waals surface area contributed by atoms with Gasteiger partial charge >= 0.3 is 0 Å². The maximum absolute atomic E-state index is 4.90. The van der Waals surface area contributed by atoms with Crippen molar-refractivity contribution >= 4 is 0 Å². The molecular formula is C14H16N2O. The van der Waals surface area contributed by atoms with Crippen LogP contribution in [0.4, 0.5) is 0 Å². The molecular weight excluding hydrogens is 212 g/mol. The van der Waals surface area contributed by atoms with Crippen molar-refractivity contribution in [3.05, 3.63) is 41.8 Å². The van der Waals surface area contributed by atoms with Crippen molar-refractivity contribution in [2.24, 2.45) is 0 Å². The predicted molar refractivity (Wildman–Crippen MR) is 66.6 cm³/mol. The summed E-state index contributed by atoms with van der Waals surface area (Å²) in [6.07, 6.45) is 4.80. The van der Waals surface area contributed by atoms with Crippen molar-refractivity contribution in [2.75, 3.05) is 13.1 Å². The van der Waals surface area contributed by atoms with Crippen molar-refractivity contribution in [3.63, 3.8) is 0 Å². The van der Waals surface area contributed by atoms with E-state index in [0.717, 1.165) is 12.1 Å². The highest BCUT2D eigenvalue weighted by Gasteiger charge is 2.14. The molecule has 3 heteroatoms. The first-order valence-electron chi connectivity index (χ1n) is 6.04. The molecule has 2 heterocycles. The lowest BCUT2D eigenvalue weighted by atomic mass is 10.0. The first-order chi connectivity index (χ1) is 8.31. The van der Waals surface area contributed by atoms with Gasteiger partial charge in [0.25, 0.3) is 0 Å². The number of aromatic nitrogens is 1. The molecule has 0 N–H and O–H groups in total. The van der Waals surface area contributed by atoms with Crippen molar-refractivity contribution < 1.29 is 4.52 Å². The molecule has 0 spiro atoms. The fourth-order valence-corrected chi connectivity index (χ4v) is 2.27.